The second-order valence-corrected chi connectivity index (χ2v) is 2.42. The smallest absolute Gasteiger partial charge is 0.126 e. The predicted molar refractivity (Wildman–Crippen MR) is 42.4 cm³/mol. The third-order valence-electron chi connectivity index (χ3n) is 0.837. The summed E-state index contributed by atoms with van der Waals surface area (Å²) < 4.78 is 0. The van der Waals surface area contributed by atoms with Gasteiger partial charge in [-0.3, -0.25) is 0 Å². The number of aromatic nitrogens is 3. The molecule has 0 aliphatic rings. The van der Waals surface area contributed by atoms with Crippen molar-refractivity contribution in [3.05, 3.63) is 29.5 Å². The van der Waals surface area contributed by atoms with Crippen LogP contribution in [0.25, 0.3) is 0 Å². The van der Waals surface area contributed by atoms with Crippen molar-refractivity contribution < 1.29 is 5.11 Å². The molecule has 0 saturated heterocycles. The Labute approximate surface area is 67.5 Å². The van der Waals surface area contributed by atoms with Crippen molar-refractivity contribution in [1.82, 2.24) is 15.2 Å². The van der Waals surface area contributed by atoms with Crippen LogP contribution in [0.15, 0.2) is 29.5 Å². The average Bonchev–Trinajstić information content (AvgIpc) is 2.57. The number of nitrogens with zero attached hydrogens (tertiary/aromatic N) is 2. The van der Waals surface area contributed by atoms with E-state index in [0.29, 0.717) is 5.75 Å². The highest BCUT2D eigenvalue weighted by atomic mass is 32.1. The molecule has 0 bridgehead atoms. The number of rotatable bonds is 0. The third kappa shape index (κ3) is 3.36. The number of H-pyrrole nitrogens is 1. The van der Waals surface area contributed by atoms with Crippen molar-refractivity contribution in [3.8, 4) is 5.75 Å². The molecule has 2 heterocycles. The minimum Gasteiger partial charge on any atom is -0.507 e. The summed E-state index contributed by atoms with van der Waals surface area (Å²) in [6.45, 7) is 0. The lowest BCUT2D eigenvalue weighted by molar-refractivity contribution is 0.478. The SMILES string of the molecule is Oc1ccsc1.c1nnc[nH]1. The number of hydrogen-bond donors (Lipinski definition) is 2. The largest absolute Gasteiger partial charge is 0.507 e. The lowest BCUT2D eigenvalue weighted by Crippen LogP contribution is -1.53. The summed E-state index contributed by atoms with van der Waals surface area (Å²) in [6, 6.07) is 1.66. The van der Waals surface area contributed by atoms with Gasteiger partial charge in [-0.05, 0) is 11.4 Å². The van der Waals surface area contributed by atoms with Gasteiger partial charge in [-0.25, -0.2) is 0 Å². The van der Waals surface area contributed by atoms with Gasteiger partial charge in [-0.15, -0.1) is 21.5 Å². The highest BCUT2D eigenvalue weighted by molar-refractivity contribution is 7.08. The van der Waals surface area contributed by atoms with E-state index < -0.39 is 0 Å². The van der Waals surface area contributed by atoms with Gasteiger partial charge in [0.2, 0.25) is 0 Å². The van der Waals surface area contributed by atoms with Crippen molar-refractivity contribution >= 4 is 11.3 Å². The van der Waals surface area contributed by atoms with E-state index in [0.717, 1.165) is 0 Å². The first kappa shape index (κ1) is 7.74. The monoisotopic (exact) mass is 169 g/mol. The molecule has 11 heavy (non-hydrogen) atoms. The molecule has 0 spiro atoms. The van der Waals surface area contributed by atoms with Crippen molar-refractivity contribution in [2.75, 3.05) is 0 Å². The van der Waals surface area contributed by atoms with Crippen molar-refractivity contribution in [3.63, 3.8) is 0 Å². The lowest BCUT2D eigenvalue weighted by atomic mass is 10.6. The zero-order valence-corrected chi connectivity index (χ0v) is 6.45. The fourth-order valence-corrected chi connectivity index (χ4v) is 0.938. The fraction of sp³-hybridized carbons (Fsp3) is 0. The van der Waals surface area contributed by atoms with E-state index in [-0.39, 0.29) is 0 Å². The standard InChI is InChI=1S/C4H4OS.C2H3N3/c5-4-1-2-6-3-4;1-3-2-5-4-1/h1-3,5H;1-2H,(H,3,4,5). The minimum absolute atomic E-state index is 0.361. The average molecular weight is 169 g/mol. The molecule has 2 rings (SSSR count). The zero-order chi connectivity index (χ0) is 7.94. The summed E-state index contributed by atoms with van der Waals surface area (Å²) in [5, 5.41) is 18.8. The van der Waals surface area contributed by atoms with E-state index in [1.165, 1.54) is 24.0 Å². The van der Waals surface area contributed by atoms with Crippen molar-refractivity contribution in [2.45, 2.75) is 0 Å². The van der Waals surface area contributed by atoms with E-state index in [9.17, 15) is 0 Å². The maximum atomic E-state index is 8.48. The van der Waals surface area contributed by atoms with Gasteiger partial charge in [-0.2, -0.15) is 0 Å². The minimum atomic E-state index is 0.361. The van der Waals surface area contributed by atoms with Gasteiger partial charge in [0.1, 0.15) is 18.4 Å². The molecule has 0 saturated carbocycles. The second kappa shape index (κ2) is 4.45. The molecule has 2 aromatic rings. The van der Waals surface area contributed by atoms with Gasteiger partial charge in [0, 0.05) is 5.38 Å². The van der Waals surface area contributed by atoms with Crippen LogP contribution < -0.4 is 0 Å². The Balaban J connectivity index is 0.000000112. The van der Waals surface area contributed by atoms with Crippen LogP contribution in [-0.2, 0) is 0 Å². The summed E-state index contributed by atoms with van der Waals surface area (Å²) >= 11 is 1.49. The number of thiophene rings is 1. The lowest BCUT2D eigenvalue weighted by Gasteiger charge is -1.67. The Hall–Kier alpha value is -1.36. The first-order valence-electron chi connectivity index (χ1n) is 2.90. The van der Waals surface area contributed by atoms with E-state index >= 15 is 0 Å². The van der Waals surface area contributed by atoms with Crippen molar-refractivity contribution in [2.24, 2.45) is 0 Å². The first-order chi connectivity index (χ1) is 5.39. The van der Waals surface area contributed by atoms with Crippen LogP contribution >= 0.6 is 11.3 Å². The number of aromatic hydroxyl groups is 1. The molecular formula is C6H7N3OS. The molecule has 0 unspecified atom stereocenters. The van der Waals surface area contributed by atoms with Crippen LogP contribution in [0.1, 0.15) is 0 Å². The highest BCUT2D eigenvalue weighted by Crippen LogP contribution is 2.10. The molecule has 2 aromatic heterocycles. The van der Waals surface area contributed by atoms with E-state index in [1.807, 2.05) is 5.38 Å². The molecule has 58 valence electrons. The van der Waals surface area contributed by atoms with Crippen LogP contribution in [0, 0.1) is 0 Å². The normalized spacial score (nSPS) is 8.36. The van der Waals surface area contributed by atoms with Gasteiger partial charge in [-0.1, -0.05) is 0 Å². The topological polar surface area (TPSA) is 61.8 Å². The van der Waals surface area contributed by atoms with E-state index in [4.69, 9.17) is 5.11 Å². The van der Waals surface area contributed by atoms with Gasteiger partial charge in [0.15, 0.2) is 0 Å². The molecule has 5 heteroatoms. The Morgan fingerprint density at radius 3 is 2.27 bits per heavy atom. The van der Waals surface area contributed by atoms with Gasteiger partial charge in [0.25, 0.3) is 0 Å². The molecule has 0 aliphatic heterocycles. The van der Waals surface area contributed by atoms with Gasteiger partial charge in [0.05, 0.1) is 0 Å². The van der Waals surface area contributed by atoms with E-state index in [1.54, 1.807) is 11.4 Å². The van der Waals surface area contributed by atoms with Crippen LogP contribution in [0.4, 0.5) is 0 Å². The van der Waals surface area contributed by atoms with Crippen LogP contribution in [0.3, 0.4) is 0 Å². The van der Waals surface area contributed by atoms with Crippen LogP contribution in [0.2, 0.25) is 0 Å². The maximum absolute atomic E-state index is 8.48. The van der Waals surface area contributed by atoms with Gasteiger partial charge < -0.3 is 10.1 Å². The number of aromatic amines is 1. The Morgan fingerprint density at radius 1 is 1.36 bits per heavy atom. The third-order valence-corrected chi connectivity index (χ3v) is 1.51. The molecule has 0 aromatic carbocycles. The van der Waals surface area contributed by atoms with Crippen molar-refractivity contribution in [1.29, 1.82) is 0 Å². The quantitative estimate of drug-likeness (QED) is 0.624. The number of nitrogens with one attached hydrogen (secondary N) is 1. The summed E-state index contributed by atoms with van der Waals surface area (Å²) in [5.41, 5.74) is 0. The zero-order valence-electron chi connectivity index (χ0n) is 5.64. The Kier molecular flexibility index (Phi) is 3.14. The van der Waals surface area contributed by atoms with Crippen LogP contribution in [-0.4, -0.2) is 20.3 Å². The Bertz CT molecular complexity index is 236. The highest BCUT2D eigenvalue weighted by Gasteiger charge is 1.77. The summed E-state index contributed by atoms with van der Waals surface area (Å²) in [6.07, 6.45) is 3.03. The van der Waals surface area contributed by atoms with E-state index in [2.05, 4.69) is 15.2 Å². The molecule has 0 fully saturated rings. The molecule has 2 N–H and O–H groups in total. The maximum Gasteiger partial charge on any atom is 0.126 e. The molecule has 4 nitrogen and oxygen atoms in total. The van der Waals surface area contributed by atoms with Gasteiger partial charge >= 0.3 is 0 Å². The molecule has 0 radical (unpaired) electrons. The number of hydrogen-bond acceptors (Lipinski definition) is 4. The molecule has 0 atom stereocenters. The molecule has 0 aliphatic carbocycles. The van der Waals surface area contributed by atoms with Crippen LogP contribution in [0.5, 0.6) is 5.75 Å². The first-order valence-corrected chi connectivity index (χ1v) is 3.84. The fourth-order valence-electron chi connectivity index (χ4n) is 0.424. The predicted octanol–water partition coefficient (Wildman–Crippen LogP) is 1.26. The summed E-state index contributed by atoms with van der Waals surface area (Å²) in [4.78, 5) is 2.64. The molecular weight excluding hydrogens is 162 g/mol. The summed E-state index contributed by atoms with van der Waals surface area (Å²) in [7, 11) is 0. The molecule has 0 amide bonds. The Morgan fingerprint density at radius 2 is 2.09 bits per heavy atom. The summed E-state index contributed by atoms with van der Waals surface area (Å²) in [5.74, 6) is 0.361. The second-order valence-electron chi connectivity index (χ2n) is 1.64.